The van der Waals surface area contributed by atoms with Gasteiger partial charge in [0.1, 0.15) is 6.04 Å². The highest BCUT2D eigenvalue weighted by atomic mass is 16.4. The number of aliphatic carboxylic acids is 1. The van der Waals surface area contributed by atoms with E-state index in [-0.39, 0.29) is 11.9 Å². The minimum atomic E-state index is -0.985. The molecule has 1 heterocycles. The van der Waals surface area contributed by atoms with Gasteiger partial charge in [-0.2, -0.15) is 0 Å². The van der Waals surface area contributed by atoms with E-state index in [9.17, 15) is 9.59 Å². The van der Waals surface area contributed by atoms with Crippen molar-refractivity contribution in [2.75, 3.05) is 6.54 Å². The fourth-order valence-corrected chi connectivity index (χ4v) is 1.97. The maximum atomic E-state index is 11.9. The van der Waals surface area contributed by atoms with Crippen molar-refractivity contribution in [3.8, 4) is 0 Å². The predicted molar refractivity (Wildman–Crippen MR) is 64.7 cm³/mol. The molecule has 17 heavy (non-hydrogen) atoms. The van der Waals surface area contributed by atoms with Crippen molar-refractivity contribution >= 4 is 11.9 Å². The quantitative estimate of drug-likeness (QED) is 0.682. The third kappa shape index (κ3) is 4.00. The summed E-state index contributed by atoms with van der Waals surface area (Å²) in [7, 11) is 0. The molecular formula is C12H22N2O3. The molecular weight excluding hydrogens is 220 g/mol. The first-order valence-corrected chi connectivity index (χ1v) is 6.09. The molecule has 3 N–H and O–H groups in total. The van der Waals surface area contributed by atoms with Crippen LogP contribution in [0.25, 0.3) is 0 Å². The normalized spacial score (nSPS) is 22.9. The third-order valence-corrected chi connectivity index (χ3v) is 3.03. The number of carbonyl (C=O) groups is 2. The lowest BCUT2D eigenvalue weighted by Gasteiger charge is -2.30. The van der Waals surface area contributed by atoms with Crippen molar-refractivity contribution in [3.05, 3.63) is 0 Å². The summed E-state index contributed by atoms with van der Waals surface area (Å²) >= 11 is 0. The number of piperidine rings is 1. The van der Waals surface area contributed by atoms with E-state index in [4.69, 9.17) is 5.11 Å². The molecule has 1 fully saturated rings. The predicted octanol–water partition coefficient (Wildman–Crippen LogP) is 0.744. The van der Waals surface area contributed by atoms with E-state index < -0.39 is 17.4 Å². The van der Waals surface area contributed by atoms with Crippen LogP contribution in [0.3, 0.4) is 0 Å². The summed E-state index contributed by atoms with van der Waals surface area (Å²) in [5.41, 5.74) is -0.490. The molecule has 1 aliphatic rings. The molecule has 1 amide bonds. The fourth-order valence-electron chi connectivity index (χ4n) is 1.97. The van der Waals surface area contributed by atoms with Gasteiger partial charge in [0.15, 0.2) is 0 Å². The summed E-state index contributed by atoms with van der Waals surface area (Å²) in [6.07, 6.45) is 2.87. The number of carbonyl (C=O) groups excluding carboxylic acids is 1. The van der Waals surface area contributed by atoms with Gasteiger partial charge < -0.3 is 15.7 Å². The van der Waals surface area contributed by atoms with Crippen molar-refractivity contribution in [3.63, 3.8) is 0 Å². The maximum absolute atomic E-state index is 11.9. The van der Waals surface area contributed by atoms with Crippen LogP contribution in [0.2, 0.25) is 0 Å². The average Bonchev–Trinajstić information content (AvgIpc) is 2.24. The molecule has 5 nitrogen and oxygen atoms in total. The lowest BCUT2D eigenvalue weighted by molar-refractivity contribution is -0.145. The van der Waals surface area contributed by atoms with E-state index >= 15 is 0 Å². The first kappa shape index (κ1) is 14.0. The number of hydrogen-bond acceptors (Lipinski definition) is 3. The maximum Gasteiger partial charge on any atom is 0.326 e. The smallest absolute Gasteiger partial charge is 0.326 e. The second kappa shape index (κ2) is 5.49. The highest BCUT2D eigenvalue weighted by molar-refractivity contribution is 5.87. The summed E-state index contributed by atoms with van der Waals surface area (Å²) in [4.78, 5) is 23.1. The largest absolute Gasteiger partial charge is 0.480 e. The molecule has 1 aliphatic heterocycles. The zero-order chi connectivity index (χ0) is 13.1. The average molecular weight is 242 g/mol. The Balaban J connectivity index is 2.60. The fraction of sp³-hybridized carbons (Fsp3) is 0.833. The van der Waals surface area contributed by atoms with Gasteiger partial charge in [0.25, 0.3) is 0 Å². The second-order valence-corrected chi connectivity index (χ2v) is 5.65. The van der Waals surface area contributed by atoms with E-state index in [1.807, 2.05) is 0 Å². The van der Waals surface area contributed by atoms with Gasteiger partial charge >= 0.3 is 5.97 Å². The Hall–Kier alpha value is -1.10. The zero-order valence-electron chi connectivity index (χ0n) is 10.7. The van der Waals surface area contributed by atoms with Gasteiger partial charge in [0, 0.05) is 0 Å². The van der Waals surface area contributed by atoms with Crippen LogP contribution >= 0.6 is 0 Å². The van der Waals surface area contributed by atoms with E-state index in [0.717, 1.165) is 25.8 Å². The Morgan fingerprint density at radius 2 is 2.00 bits per heavy atom. The van der Waals surface area contributed by atoms with E-state index in [1.54, 1.807) is 20.8 Å². The minimum absolute atomic E-state index is 0.202. The molecule has 98 valence electrons. The van der Waals surface area contributed by atoms with Crippen molar-refractivity contribution in [2.24, 2.45) is 5.41 Å². The molecule has 0 aliphatic carbocycles. The number of carboxylic acids is 1. The van der Waals surface area contributed by atoms with E-state index in [1.165, 1.54) is 0 Å². The number of rotatable bonds is 3. The number of nitrogens with one attached hydrogen (secondary N) is 2. The number of carboxylic acid groups (broad SMARTS) is 1. The molecule has 0 aromatic carbocycles. The van der Waals surface area contributed by atoms with E-state index in [0.29, 0.717) is 0 Å². The van der Waals surface area contributed by atoms with Gasteiger partial charge in [0.2, 0.25) is 5.91 Å². The van der Waals surface area contributed by atoms with Crippen molar-refractivity contribution < 1.29 is 14.7 Å². The molecule has 0 aromatic heterocycles. The van der Waals surface area contributed by atoms with Crippen LogP contribution in [0.5, 0.6) is 0 Å². The summed E-state index contributed by atoms with van der Waals surface area (Å²) in [5, 5.41) is 14.9. The van der Waals surface area contributed by atoms with Crippen LogP contribution in [0.4, 0.5) is 0 Å². The number of hydrogen-bond donors (Lipinski definition) is 3. The SMILES string of the molecule is CC(C)(C)[C@H](NC(=O)C1CCCCN1)C(=O)O. The Kier molecular flexibility index (Phi) is 4.51. The topological polar surface area (TPSA) is 78.4 Å². The van der Waals surface area contributed by atoms with Crippen LogP contribution in [-0.4, -0.2) is 35.6 Å². The van der Waals surface area contributed by atoms with Crippen LogP contribution in [0.15, 0.2) is 0 Å². The van der Waals surface area contributed by atoms with Crippen molar-refractivity contribution in [1.82, 2.24) is 10.6 Å². The van der Waals surface area contributed by atoms with Gasteiger partial charge in [-0.05, 0) is 24.8 Å². The molecule has 1 rings (SSSR count). The second-order valence-electron chi connectivity index (χ2n) is 5.65. The Morgan fingerprint density at radius 1 is 1.35 bits per heavy atom. The lowest BCUT2D eigenvalue weighted by Crippen LogP contribution is -2.55. The Labute approximate surface area is 102 Å². The monoisotopic (exact) mass is 242 g/mol. The molecule has 1 saturated heterocycles. The third-order valence-electron chi connectivity index (χ3n) is 3.03. The molecule has 0 aromatic rings. The van der Waals surface area contributed by atoms with Crippen LogP contribution in [0.1, 0.15) is 40.0 Å². The summed E-state index contributed by atoms with van der Waals surface area (Å²) in [5.74, 6) is -1.19. The minimum Gasteiger partial charge on any atom is -0.480 e. The van der Waals surface area contributed by atoms with Crippen molar-refractivity contribution in [2.45, 2.75) is 52.1 Å². The van der Waals surface area contributed by atoms with E-state index in [2.05, 4.69) is 10.6 Å². The molecule has 2 atom stereocenters. The van der Waals surface area contributed by atoms with Crippen LogP contribution in [0, 0.1) is 5.41 Å². The van der Waals surface area contributed by atoms with Crippen LogP contribution in [-0.2, 0) is 9.59 Å². The molecule has 1 unspecified atom stereocenters. The highest BCUT2D eigenvalue weighted by Gasteiger charge is 2.34. The van der Waals surface area contributed by atoms with Gasteiger partial charge in [-0.1, -0.05) is 27.2 Å². The molecule has 0 radical (unpaired) electrons. The van der Waals surface area contributed by atoms with Gasteiger partial charge in [-0.3, -0.25) is 4.79 Å². The first-order chi connectivity index (χ1) is 7.82. The molecule has 0 bridgehead atoms. The van der Waals surface area contributed by atoms with Gasteiger partial charge in [-0.15, -0.1) is 0 Å². The zero-order valence-corrected chi connectivity index (χ0v) is 10.7. The summed E-state index contributed by atoms with van der Waals surface area (Å²) in [6.45, 7) is 6.24. The number of amides is 1. The van der Waals surface area contributed by atoms with Gasteiger partial charge in [-0.25, -0.2) is 4.79 Å². The molecule has 5 heteroatoms. The Bertz CT molecular complexity index is 291. The van der Waals surface area contributed by atoms with Crippen LogP contribution < -0.4 is 10.6 Å². The molecule has 0 spiro atoms. The lowest BCUT2D eigenvalue weighted by atomic mass is 9.86. The highest BCUT2D eigenvalue weighted by Crippen LogP contribution is 2.20. The summed E-state index contributed by atoms with van der Waals surface area (Å²) in [6, 6.07) is -1.09. The Morgan fingerprint density at radius 3 is 2.41 bits per heavy atom. The van der Waals surface area contributed by atoms with Crippen molar-refractivity contribution in [1.29, 1.82) is 0 Å². The first-order valence-electron chi connectivity index (χ1n) is 6.09. The summed E-state index contributed by atoms with van der Waals surface area (Å²) < 4.78 is 0. The van der Waals surface area contributed by atoms with Gasteiger partial charge in [0.05, 0.1) is 6.04 Å². The molecule has 0 saturated carbocycles. The standard InChI is InChI=1S/C12H22N2O3/c1-12(2,3)9(11(16)17)14-10(15)8-6-4-5-7-13-8/h8-9,13H,4-7H2,1-3H3,(H,14,15)(H,16,17)/t8?,9-/m1/s1.